The van der Waals surface area contributed by atoms with Gasteiger partial charge in [0.2, 0.25) is 0 Å². The molecule has 0 saturated carbocycles. The van der Waals surface area contributed by atoms with Gasteiger partial charge in [-0.25, -0.2) is 12.1 Å². The smallest absolute Gasteiger partial charge is 0.0512 e. The Labute approximate surface area is 229 Å². The van der Waals surface area contributed by atoms with E-state index in [1.54, 1.807) is 50.8 Å². The first-order valence-corrected chi connectivity index (χ1v) is 17.7. The number of rotatable bonds is 1. The summed E-state index contributed by atoms with van der Waals surface area (Å²) in [7, 11) is 0. The second-order valence-corrected chi connectivity index (χ2v) is 17.0. The van der Waals surface area contributed by atoms with Crippen LogP contribution in [0, 0.1) is 13.8 Å². The molecule has 0 fully saturated rings. The number of benzene rings is 1. The molecule has 2 aliphatic carbocycles. The van der Waals surface area contributed by atoms with Gasteiger partial charge < -0.3 is 0 Å². The molecule has 0 aliphatic heterocycles. The van der Waals surface area contributed by atoms with Crippen molar-refractivity contribution in [2.75, 3.05) is 0 Å². The molecule has 4 heteroatoms. The van der Waals surface area contributed by atoms with Gasteiger partial charge in [0, 0.05) is 0 Å². The molecule has 0 spiro atoms. The van der Waals surface area contributed by atoms with Gasteiger partial charge in [0.25, 0.3) is 0 Å². The van der Waals surface area contributed by atoms with Crippen molar-refractivity contribution in [1.82, 2.24) is 0 Å². The zero-order valence-electron chi connectivity index (χ0n) is 20.9. The zero-order chi connectivity index (χ0) is 22.4. The first-order chi connectivity index (χ1) is 14.8. The summed E-state index contributed by atoms with van der Waals surface area (Å²) in [5.74, 6) is 1.62. The van der Waals surface area contributed by atoms with Crippen LogP contribution in [0.3, 0.4) is 0 Å². The fourth-order valence-corrected chi connectivity index (χ4v) is 6.94. The zero-order valence-corrected chi connectivity index (χ0v) is 26.0. The topological polar surface area (TPSA) is 0 Å². The minimum atomic E-state index is -0.122. The molecular formula is C29H40Cl2SiZr. The van der Waals surface area contributed by atoms with Gasteiger partial charge >= 0.3 is 70.8 Å². The number of fused-ring (bicyclic) bond motifs is 2. The van der Waals surface area contributed by atoms with Crippen LogP contribution in [0.2, 0.25) is 6.55 Å². The predicted molar refractivity (Wildman–Crippen MR) is 148 cm³/mol. The molecular weight excluding hydrogens is 539 g/mol. The van der Waals surface area contributed by atoms with Crippen LogP contribution >= 0.6 is 24.8 Å². The van der Waals surface area contributed by atoms with Crippen molar-refractivity contribution in [3.05, 3.63) is 88.0 Å². The van der Waals surface area contributed by atoms with E-state index in [4.69, 9.17) is 0 Å². The third kappa shape index (κ3) is 8.96. The molecule has 33 heavy (non-hydrogen) atoms. The van der Waals surface area contributed by atoms with Gasteiger partial charge in [-0.15, -0.1) is 24.8 Å². The van der Waals surface area contributed by atoms with Crippen molar-refractivity contribution < 1.29 is 23.3 Å². The van der Waals surface area contributed by atoms with Crippen LogP contribution in [0.4, 0.5) is 0 Å². The fourth-order valence-electron chi connectivity index (χ4n) is 5.02. The van der Waals surface area contributed by atoms with E-state index in [0.717, 1.165) is 11.8 Å². The number of hydrogen-bond acceptors (Lipinski definition) is 0. The largest absolute Gasteiger partial charge is 0.207 e. The average molecular weight is 579 g/mol. The summed E-state index contributed by atoms with van der Waals surface area (Å²) in [4.78, 5) is 0. The van der Waals surface area contributed by atoms with Gasteiger partial charge in [-0.3, -0.25) is 0 Å². The Morgan fingerprint density at radius 2 is 1.21 bits per heavy atom. The van der Waals surface area contributed by atoms with Crippen molar-refractivity contribution in [3.8, 4) is 0 Å². The van der Waals surface area contributed by atoms with Crippen LogP contribution in [0.1, 0.15) is 84.7 Å². The molecule has 0 saturated heterocycles. The van der Waals surface area contributed by atoms with E-state index < -0.39 is 0 Å². The fraction of sp³-hybridized carbons (Fsp3) is 0.448. The van der Waals surface area contributed by atoms with Crippen LogP contribution in [-0.4, -0.2) is 5.43 Å². The van der Waals surface area contributed by atoms with Crippen molar-refractivity contribution >= 4 is 35.4 Å². The van der Waals surface area contributed by atoms with Gasteiger partial charge in [0.1, 0.15) is 0 Å². The van der Waals surface area contributed by atoms with E-state index in [2.05, 4.69) is 88.8 Å². The Bertz CT molecular complexity index is 930. The normalized spacial score (nSPS) is 18.0. The Balaban J connectivity index is 0.000000242. The van der Waals surface area contributed by atoms with Crippen molar-refractivity contribution in [3.63, 3.8) is 0 Å². The van der Waals surface area contributed by atoms with E-state index in [1.807, 2.05) is 0 Å². The average Bonchev–Trinajstić information content (AvgIpc) is 3.33. The first kappa shape index (κ1) is 30.6. The molecule has 3 aromatic carbocycles. The third-order valence-electron chi connectivity index (χ3n) is 6.75. The maximum atomic E-state index is 2.36. The Kier molecular flexibility index (Phi) is 13.8. The maximum absolute atomic E-state index is 2.36. The summed E-state index contributed by atoms with van der Waals surface area (Å²) in [6, 6.07) is 20.2. The van der Waals surface area contributed by atoms with Crippen molar-refractivity contribution in [2.45, 2.75) is 84.6 Å². The number of halogens is 2. The van der Waals surface area contributed by atoms with Gasteiger partial charge in [0.15, 0.2) is 0 Å². The first-order valence-electron chi connectivity index (χ1n) is 12.0. The van der Waals surface area contributed by atoms with E-state index >= 15 is 0 Å². The molecule has 0 aromatic heterocycles. The van der Waals surface area contributed by atoms with Crippen LogP contribution in [0.25, 0.3) is 0 Å². The summed E-state index contributed by atoms with van der Waals surface area (Å²) >= 11 is 1.69. The second kappa shape index (κ2) is 14.9. The molecule has 0 nitrogen and oxygen atoms in total. The molecule has 0 bridgehead atoms. The minimum Gasteiger partial charge on any atom is -0.207 e. The van der Waals surface area contributed by atoms with Crippen LogP contribution in [0.5, 0.6) is 0 Å². The summed E-state index contributed by atoms with van der Waals surface area (Å²) in [5.41, 5.74) is 9.24. The molecule has 178 valence electrons. The van der Waals surface area contributed by atoms with E-state index in [1.165, 1.54) is 49.7 Å². The molecule has 2 unspecified atom stereocenters. The van der Waals surface area contributed by atoms with Gasteiger partial charge in [-0.05, 0) is 0 Å². The van der Waals surface area contributed by atoms with Crippen LogP contribution in [0.15, 0.2) is 54.6 Å². The van der Waals surface area contributed by atoms with Gasteiger partial charge in [-0.2, -0.15) is 45.5 Å². The summed E-state index contributed by atoms with van der Waals surface area (Å²) < 4.78 is 0. The van der Waals surface area contributed by atoms with E-state index in [0.29, 0.717) is 0 Å². The molecule has 0 N–H and O–H groups in total. The molecule has 5 rings (SSSR count). The van der Waals surface area contributed by atoms with Crippen LogP contribution < -0.4 is 5.19 Å². The summed E-state index contributed by atoms with van der Waals surface area (Å²) in [6.45, 7) is 11.4. The molecule has 2 atom stereocenters. The number of hydrogen-bond donors (Lipinski definition) is 0. The minimum absolute atomic E-state index is 0. The summed E-state index contributed by atoms with van der Waals surface area (Å²) in [5, 5.41) is 1.56. The quantitative estimate of drug-likeness (QED) is 0.202. The third-order valence-corrected chi connectivity index (χ3v) is 10.1. The molecule has 0 radical (unpaired) electrons. The number of aryl methyl sites for hydroxylation is 4. The second-order valence-electron chi connectivity index (χ2n) is 9.60. The van der Waals surface area contributed by atoms with Gasteiger partial charge in [-0.1, -0.05) is 78.1 Å². The predicted octanol–water partition coefficient (Wildman–Crippen LogP) is 8.21. The van der Waals surface area contributed by atoms with Crippen molar-refractivity contribution in [1.29, 1.82) is 0 Å². The van der Waals surface area contributed by atoms with Gasteiger partial charge in [0.05, 0.1) is 0 Å². The summed E-state index contributed by atoms with van der Waals surface area (Å²) in [6.07, 6.45) is 8.17. The Morgan fingerprint density at radius 3 is 1.55 bits per heavy atom. The maximum Gasteiger partial charge on any atom is -0.0512 e. The standard InChI is InChI=1S/2C11H15.C7H8Si.2ClH.Zr/c2*1-8-6-10-5-3-4-9(2)11(10)7-8;1-8-7-5-3-2-4-6-7;;;/h2*6-7,9H,3-5H2,1-2H3;2-6H,1H3;2*1H;/q2*-1;;;;+2. The SMILES string of the molecule is C[Si](=[Zr+2])c1ccccc1.Cc1cc2c([cH-]1)CCCC2C.Cc1cc2c([cH-]1)CCCC2C.Cl.Cl. The Hall–Kier alpha value is -0.400. The molecule has 0 heterocycles. The van der Waals surface area contributed by atoms with E-state index in [-0.39, 0.29) is 30.2 Å². The van der Waals surface area contributed by atoms with E-state index in [9.17, 15) is 0 Å². The monoisotopic (exact) mass is 576 g/mol. The molecule has 2 aliphatic rings. The van der Waals surface area contributed by atoms with Crippen LogP contribution in [-0.2, 0) is 36.2 Å². The molecule has 3 aromatic rings. The van der Waals surface area contributed by atoms with Crippen molar-refractivity contribution in [2.24, 2.45) is 0 Å². The molecule has 0 amide bonds. The Morgan fingerprint density at radius 1 is 0.788 bits per heavy atom.